The van der Waals surface area contributed by atoms with Crippen molar-refractivity contribution in [2.75, 3.05) is 37.6 Å². The minimum Gasteiger partial charge on any atom is -0.357 e. The molecule has 0 radical (unpaired) electrons. The number of unbranched alkanes of at least 4 members (excludes halogenated alkanes) is 1. The largest absolute Gasteiger partial charge is 0.357 e. The average molecular weight is 361 g/mol. The van der Waals surface area contributed by atoms with Gasteiger partial charge in [0.2, 0.25) is 5.91 Å². The van der Waals surface area contributed by atoms with Gasteiger partial charge in [0.1, 0.15) is 5.82 Å². The smallest absolute Gasteiger partial charge is 0.255 e. The summed E-state index contributed by atoms with van der Waals surface area (Å²) in [6.45, 7) is 10.1. The van der Waals surface area contributed by atoms with Crippen molar-refractivity contribution in [3.8, 4) is 0 Å². The molecular weight excluding hydrogens is 328 g/mol. The molecule has 1 N–H and O–H groups in total. The van der Waals surface area contributed by atoms with Gasteiger partial charge < -0.3 is 15.1 Å². The van der Waals surface area contributed by atoms with Crippen molar-refractivity contribution in [2.24, 2.45) is 5.92 Å². The van der Waals surface area contributed by atoms with Crippen LogP contribution in [-0.2, 0) is 4.79 Å². The van der Waals surface area contributed by atoms with Gasteiger partial charge in [0.15, 0.2) is 0 Å². The van der Waals surface area contributed by atoms with Crippen LogP contribution >= 0.6 is 0 Å². The summed E-state index contributed by atoms with van der Waals surface area (Å²) in [5.74, 6) is 1.07. The third-order valence-electron chi connectivity index (χ3n) is 5.06. The minimum atomic E-state index is 0.00781. The normalized spacial score (nSPS) is 15.0. The molecule has 0 bridgehead atoms. The molecule has 6 nitrogen and oxygen atoms in total. The van der Waals surface area contributed by atoms with E-state index >= 15 is 0 Å². The molecule has 2 amide bonds. The number of piperidine rings is 1. The van der Waals surface area contributed by atoms with Crippen molar-refractivity contribution in [1.29, 1.82) is 0 Å². The van der Waals surface area contributed by atoms with E-state index in [1.54, 1.807) is 6.20 Å². The third kappa shape index (κ3) is 5.19. The van der Waals surface area contributed by atoms with Crippen LogP contribution in [0.3, 0.4) is 0 Å². The number of carbonyl (C=O) groups is 2. The molecule has 0 spiro atoms. The van der Waals surface area contributed by atoms with Gasteiger partial charge in [0.05, 0.1) is 5.56 Å². The van der Waals surface area contributed by atoms with Crippen LogP contribution in [0.2, 0.25) is 0 Å². The Morgan fingerprint density at radius 1 is 1.19 bits per heavy atom. The van der Waals surface area contributed by atoms with Crippen LogP contribution in [0.1, 0.15) is 56.8 Å². The van der Waals surface area contributed by atoms with Gasteiger partial charge in [-0.2, -0.15) is 0 Å². The summed E-state index contributed by atoms with van der Waals surface area (Å²) >= 11 is 0. The summed E-state index contributed by atoms with van der Waals surface area (Å²) in [6, 6.07) is 3.76. The van der Waals surface area contributed by atoms with Gasteiger partial charge in [0, 0.05) is 44.8 Å². The first-order chi connectivity index (χ1) is 12.6. The van der Waals surface area contributed by atoms with E-state index in [9.17, 15) is 9.59 Å². The number of nitrogens with zero attached hydrogens (tertiary/aromatic N) is 3. The van der Waals surface area contributed by atoms with Crippen molar-refractivity contribution in [1.82, 2.24) is 15.2 Å². The Balaban J connectivity index is 1.87. The zero-order valence-corrected chi connectivity index (χ0v) is 16.3. The molecule has 1 aromatic rings. The minimum absolute atomic E-state index is 0.00781. The fraction of sp³-hybridized carbons (Fsp3) is 0.650. The highest BCUT2D eigenvalue weighted by Crippen LogP contribution is 2.20. The van der Waals surface area contributed by atoms with Gasteiger partial charge in [-0.3, -0.25) is 9.59 Å². The average Bonchev–Trinajstić information content (AvgIpc) is 2.69. The molecule has 26 heavy (non-hydrogen) atoms. The van der Waals surface area contributed by atoms with Crippen molar-refractivity contribution < 1.29 is 9.59 Å². The number of hydrogen-bond donors (Lipinski definition) is 1. The molecule has 0 atom stereocenters. The lowest BCUT2D eigenvalue weighted by atomic mass is 9.95. The molecule has 2 heterocycles. The lowest BCUT2D eigenvalue weighted by Gasteiger charge is -2.31. The highest BCUT2D eigenvalue weighted by Gasteiger charge is 2.27. The third-order valence-corrected chi connectivity index (χ3v) is 5.06. The quantitative estimate of drug-likeness (QED) is 0.724. The second kappa shape index (κ2) is 10.1. The van der Waals surface area contributed by atoms with Crippen molar-refractivity contribution in [3.63, 3.8) is 0 Å². The van der Waals surface area contributed by atoms with Crippen LogP contribution in [0.5, 0.6) is 0 Å². The SMILES string of the molecule is CCCCNC(=O)C1CCN(C(=O)c2ccc(N(CC)CC)nc2)CC1. The number of hydrogen-bond acceptors (Lipinski definition) is 4. The van der Waals surface area contributed by atoms with E-state index in [2.05, 4.69) is 36.0 Å². The topological polar surface area (TPSA) is 65.5 Å². The lowest BCUT2D eigenvalue weighted by molar-refractivity contribution is -0.126. The number of anilines is 1. The molecular formula is C20H32N4O2. The van der Waals surface area contributed by atoms with Crippen LogP contribution in [0.15, 0.2) is 18.3 Å². The predicted octanol–water partition coefficient (Wildman–Crippen LogP) is 2.70. The molecule has 6 heteroatoms. The number of carbonyl (C=O) groups excluding carboxylic acids is 2. The molecule has 1 aliphatic rings. The van der Waals surface area contributed by atoms with E-state index in [1.807, 2.05) is 17.0 Å². The summed E-state index contributed by atoms with van der Waals surface area (Å²) in [5.41, 5.74) is 0.617. The van der Waals surface area contributed by atoms with Crippen molar-refractivity contribution in [3.05, 3.63) is 23.9 Å². The van der Waals surface area contributed by atoms with Crippen LogP contribution in [0, 0.1) is 5.92 Å². The Bertz CT molecular complexity index is 576. The number of amides is 2. The number of aromatic nitrogens is 1. The van der Waals surface area contributed by atoms with E-state index in [0.29, 0.717) is 18.7 Å². The lowest BCUT2D eigenvalue weighted by Crippen LogP contribution is -2.43. The van der Waals surface area contributed by atoms with Crippen molar-refractivity contribution >= 4 is 17.6 Å². The molecule has 0 unspecified atom stereocenters. The standard InChI is InChI=1S/C20H32N4O2/c1-4-7-12-21-19(25)16-10-13-24(14-11-16)20(26)17-8-9-18(22-15-17)23(5-2)6-3/h8-9,15-16H,4-7,10-14H2,1-3H3,(H,21,25). The maximum atomic E-state index is 12.7. The maximum Gasteiger partial charge on any atom is 0.255 e. The maximum absolute atomic E-state index is 12.7. The summed E-state index contributed by atoms with van der Waals surface area (Å²) in [6.07, 6.45) is 5.22. The number of likely N-dealkylation sites (tertiary alicyclic amines) is 1. The Morgan fingerprint density at radius 3 is 2.42 bits per heavy atom. The van der Waals surface area contributed by atoms with E-state index in [-0.39, 0.29) is 17.7 Å². The van der Waals surface area contributed by atoms with Gasteiger partial charge in [-0.25, -0.2) is 4.98 Å². The second-order valence-electron chi connectivity index (χ2n) is 6.79. The van der Waals surface area contributed by atoms with Crippen LogP contribution in [0.25, 0.3) is 0 Å². The van der Waals surface area contributed by atoms with E-state index in [4.69, 9.17) is 0 Å². The summed E-state index contributed by atoms with van der Waals surface area (Å²) in [4.78, 5) is 33.3. The van der Waals surface area contributed by atoms with Crippen LogP contribution < -0.4 is 10.2 Å². The molecule has 0 saturated carbocycles. The van der Waals surface area contributed by atoms with Gasteiger partial charge in [-0.05, 0) is 45.2 Å². The van der Waals surface area contributed by atoms with Crippen LogP contribution in [0.4, 0.5) is 5.82 Å². The summed E-state index contributed by atoms with van der Waals surface area (Å²) in [5, 5.41) is 3.00. The molecule has 1 aliphatic heterocycles. The van der Waals surface area contributed by atoms with Crippen LogP contribution in [-0.4, -0.2) is 54.4 Å². The first kappa shape index (κ1) is 20.2. The van der Waals surface area contributed by atoms with E-state index in [0.717, 1.165) is 51.1 Å². The second-order valence-corrected chi connectivity index (χ2v) is 6.79. The molecule has 1 saturated heterocycles. The highest BCUT2D eigenvalue weighted by molar-refractivity contribution is 5.94. The molecule has 0 aliphatic carbocycles. The zero-order chi connectivity index (χ0) is 18.9. The van der Waals surface area contributed by atoms with E-state index < -0.39 is 0 Å². The monoisotopic (exact) mass is 360 g/mol. The number of rotatable bonds is 8. The molecule has 144 valence electrons. The highest BCUT2D eigenvalue weighted by atomic mass is 16.2. The van der Waals surface area contributed by atoms with E-state index in [1.165, 1.54) is 0 Å². The summed E-state index contributed by atoms with van der Waals surface area (Å²) in [7, 11) is 0. The fourth-order valence-electron chi connectivity index (χ4n) is 3.31. The Morgan fingerprint density at radius 2 is 1.88 bits per heavy atom. The number of nitrogens with one attached hydrogen (secondary N) is 1. The molecule has 1 fully saturated rings. The molecule has 1 aromatic heterocycles. The van der Waals surface area contributed by atoms with Gasteiger partial charge in [-0.1, -0.05) is 13.3 Å². The van der Waals surface area contributed by atoms with Gasteiger partial charge in [0.25, 0.3) is 5.91 Å². The Hall–Kier alpha value is -2.11. The Kier molecular flexibility index (Phi) is 7.88. The van der Waals surface area contributed by atoms with Gasteiger partial charge >= 0.3 is 0 Å². The fourth-order valence-corrected chi connectivity index (χ4v) is 3.31. The molecule has 2 rings (SSSR count). The number of pyridine rings is 1. The van der Waals surface area contributed by atoms with Crippen molar-refractivity contribution in [2.45, 2.75) is 46.5 Å². The first-order valence-electron chi connectivity index (χ1n) is 9.88. The predicted molar refractivity (Wildman–Crippen MR) is 104 cm³/mol. The molecule has 0 aromatic carbocycles. The first-order valence-corrected chi connectivity index (χ1v) is 9.88. The summed E-state index contributed by atoms with van der Waals surface area (Å²) < 4.78 is 0. The Labute approximate surface area is 157 Å². The zero-order valence-electron chi connectivity index (χ0n) is 16.3. The van der Waals surface area contributed by atoms with Gasteiger partial charge in [-0.15, -0.1) is 0 Å².